The molecule has 1 fully saturated rings. The predicted octanol–water partition coefficient (Wildman–Crippen LogP) is 3.52. The summed E-state index contributed by atoms with van der Waals surface area (Å²) in [5, 5.41) is 2.81. The molecule has 0 radical (unpaired) electrons. The summed E-state index contributed by atoms with van der Waals surface area (Å²) in [4.78, 5) is 26.1. The molecule has 1 saturated heterocycles. The lowest BCUT2D eigenvalue weighted by molar-refractivity contribution is -0.143. The van der Waals surface area contributed by atoms with Gasteiger partial charge in [-0.2, -0.15) is 0 Å². The summed E-state index contributed by atoms with van der Waals surface area (Å²) in [6.45, 7) is 17.8. The SMILES string of the molecule is CC(C)(C)NC(=O)OCCN1CCC[C@H](O[Si](C)(C)C(C)(C)C)C1=O. The molecule has 0 bridgehead atoms. The number of nitrogens with zero attached hydrogens (tertiary/aromatic N) is 1. The zero-order chi connectivity index (χ0) is 19.5. The standard InChI is InChI=1S/C18H36N2O4Si/c1-17(2,3)19-16(22)23-13-12-20-11-9-10-14(15(20)21)24-25(7,8)18(4,5)6/h14H,9-13H2,1-8H3,(H,19,22)/t14-/m0/s1. The van der Waals surface area contributed by atoms with Gasteiger partial charge < -0.3 is 19.4 Å². The third-order valence-corrected chi connectivity index (χ3v) is 9.28. The maximum absolute atomic E-state index is 12.7. The molecule has 0 aromatic carbocycles. The second-order valence-corrected chi connectivity index (χ2v) is 14.1. The van der Waals surface area contributed by atoms with E-state index in [9.17, 15) is 9.59 Å². The molecule has 1 rings (SSSR count). The fourth-order valence-electron chi connectivity index (χ4n) is 2.36. The van der Waals surface area contributed by atoms with E-state index in [1.165, 1.54) is 0 Å². The van der Waals surface area contributed by atoms with Crippen LogP contribution in [-0.4, -0.2) is 56.6 Å². The Bertz CT molecular complexity index is 480. The third kappa shape index (κ3) is 6.97. The van der Waals surface area contributed by atoms with Crippen molar-refractivity contribution >= 4 is 20.3 Å². The van der Waals surface area contributed by atoms with Crippen molar-refractivity contribution in [3.63, 3.8) is 0 Å². The van der Waals surface area contributed by atoms with Crippen LogP contribution in [0.15, 0.2) is 0 Å². The van der Waals surface area contributed by atoms with Crippen molar-refractivity contribution in [2.75, 3.05) is 19.7 Å². The van der Waals surface area contributed by atoms with E-state index in [0.29, 0.717) is 13.1 Å². The van der Waals surface area contributed by atoms with Crippen LogP contribution in [0.4, 0.5) is 4.79 Å². The first kappa shape index (κ1) is 22.0. The number of ether oxygens (including phenoxy) is 1. The number of carbonyl (C=O) groups excluding carboxylic acids is 2. The molecule has 0 aliphatic carbocycles. The third-order valence-electron chi connectivity index (χ3n) is 4.80. The Morgan fingerprint density at radius 1 is 1.24 bits per heavy atom. The molecule has 0 spiro atoms. The second-order valence-electron chi connectivity index (χ2n) is 9.35. The Balaban J connectivity index is 2.52. The van der Waals surface area contributed by atoms with Gasteiger partial charge in [0, 0.05) is 12.1 Å². The first-order chi connectivity index (χ1) is 11.2. The van der Waals surface area contributed by atoms with Gasteiger partial charge in [-0.05, 0) is 51.7 Å². The summed E-state index contributed by atoms with van der Waals surface area (Å²) in [5.41, 5.74) is -0.333. The van der Waals surface area contributed by atoms with Crippen molar-refractivity contribution in [1.29, 1.82) is 0 Å². The molecule has 25 heavy (non-hydrogen) atoms. The Morgan fingerprint density at radius 3 is 2.36 bits per heavy atom. The Labute approximate surface area is 153 Å². The lowest BCUT2D eigenvalue weighted by Gasteiger charge is -2.41. The zero-order valence-corrected chi connectivity index (χ0v) is 18.2. The minimum atomic E-state index is -1.98. The monoisotopic (exact) mass is 372 g/mol. The Hall–Kier alpha value is -1.08. The quantitative estimate of drug-likeness (QED) is 0.750. The van der Waals surface area contributed by atoms with Crippen molar-refractivity contribution in [2.45, 2.75) is 84.2 Å². The molecule has 0 aromatic rings. The molecular formula is C18H36N2O4Si. The average molecular weight is 373 g/mol. The fourth-order valence-corrected chi connectivity index (χ4v) is 3.64. The normalized spacial score (nSPS) is 19.8. The van der Waals surface area contributed by atoms with Crippen LogP contribution in [0.2, 0.25) is 18.1 Å². The largest absolute Gasteiger partial charge is 0.448 e. The van der Waals surface area contributed by atoms with E-state index in [1.807, 2.05) is 20.8 Å². The van der Waals surface area contributed by atoms with Crippen molar-refractivity contribution in [1.82, 2.24) is 10.2 Å². The highest BCUT2D eigenvalue weighted by Crippen LogP contribution is 2.38. The number of nitrogens with one attached hydrogen (secondary N) is 1. The van der Waals surface area contributed by atoms with E-state index >= 15 is 0 Å². The van der Waals surface area contributed by atoms with Crippen LogP contribution in [0.1, 0.15) is 54.4 Å². The van der Waals surface area contributed by atoms with Crippen LogP contribution in [0.3, 0.4) is 0 Å². The summed E-state index contributed by atoms with van der Waals surface area (Å²) in [7, 11) is -1.98. The van der Waals surface area contributed by atoms with Crippen LogP contribution in [0, 0.1) is 0 Å². The highest BCUT2D eigenvalue weighted by Gasteiger charge is 2.42. The van der Waals surface area contributed by atoms with Gasteiger partial charge in [0.25, 0.3) is 5.91 Å². The van der Waals surface area contributed by atoms with Gasteiger partial charge in [-0.15, -0.1) is 0 Å². The van der Waals surface area contributed by atoms with Gasteiger partial charge in [0.1, 0.15) is 12.7 Å². The molecule has 7 heteroatoms. The van der Waals surface area contributed by atoms with E-state index in [1.54, 1.807) is 4.90 Å². The van der Waals surface area contributed by atoms with Gasteiger partial charge in [0.2, 0.25) is 0 Å². The Morgan fingerprint density at radius 2 is 1.84 bits per heavy atom. The first-order valence-electron chi connectivity index (χ1n) is 9.14. The Kier molecular flexibility index (Phi) is 7.09. The van der Waals surface area contributed by atoms with Crippen molar-refractivity contribution < 1.29 is 18.8 Å². The van der Waals surface area contributed by atoms with Crippen LogP contribution in [-0.2, 0) is 14.0 Å². The molecule has 1 aliphatic rings. The van der Waals surface area contributed by atoms with Gasteiger partial charge >= 0.3 is 6.09 Å². The summed E-state index contributed by atoms with van der Waals surface area (Å²) >= 11 is 0. The number of rotatable bonds is 5. The highest BCUT2D eigenvalue weighted by atomic mass is 28.4. The molecule has 146 valence electrons. The molecule has 1 atom stereocenters. The number of alkyl carbamates (subject to hydrolysis) is 1. The van der Waals surface area contributed by atoms with E-state index in [-0.39, 0.29) is 29.2 Å². The van der Waals surface area contributed by atoms with Gasteiger partial charge in [-0.3, -0.25) is 4.79 Å². The van der Waals surface area contributed by atoms with Crippen molar-refractivity contribution in [3.05, 3.63) is 0 Å². The van der Waals surface area contributed by atoms with Crippen LogP contribution in [0.25, 0.3) is 0 Å². The predicted molar refractivity (Wildman–Crippen MR) is 102 cm³/mol. The van der Waals surface area contributed by atoms with Gasteiger partial charge in [0.15, 0.2) is 8.32 Å². The minimum absolute atomic E-state index is 0.0240. The molecule has 0 unspecified atom stereocenters. The van der Waals surface area contributed by atoms with Crippen molar-refractivity contribution in [2.24, 2.45) is 0 Å². The topological polar surface area (TPSA) is 67.9 Å². The molecule has 0 aromatic heterocycles. The summed E-state index contributed by atoms with van der Waals surface area (Å²) in [5.74, 6) is 0.0240. The number of carbonyl (C=O) groups is 2. The summed E-state index contributed by atoms with van der Waals surface area (Å²) in [6.07, 6.45) is 0.871. The molecular weight excluding hydrogens is 336 g/mol. The van der Waals surface area contributed by atoms with Crippen LogP contribution >= 0.6 is 0 Å². The zero-order valence-electron chi connectivity index (χ0n) is 17.2. The van der Waals surface area contributed by atoms with Crippen LogP contribution < -0.4 is 5.32 Å². The maximum Gasteiger partial charge on any atom is 0.407 e. The number of hydrogen-bond acceptors (Lipinski definition) is 4. The van der Waals surface area contributed by atoms with E-state index < -0.39 is 14.4 Å². The molecule has 1 N–H and O–H groups in total. The number of piperidine rings is 1. The lowest BCUT2D eigenvalue weighted by atomic mass is 10.1. The van der Waals surface area contributed by atoms with Gasteiger partial charge in [-0.1, -0.05) is 20.8 Å². The van der Waals surface area contributed by atoms with E-state index in [0.717, 1.165) is 12.8 Å². The first-order valence-corrected chi connectivity index (χ1v) is 12.1. The van der Waals surface area contributed by atoms with Crippen molar-refractivity contribution in [3.8, 4) is 0 Å². The van der Waals surface area contributed by atoms with E-state index in [4.69, 9.17) is 9.16 Å². The maximum atomic E-state index is 12.7. The number of hydrogen-bond donors (Lipinski definition) is 1. The smallest absolute Gasteiger partial charge is 0.407 e. The molecule has 1 aliphatic heterocycles. The van der Waals surface area contributed by atoms with Gasteiger partial charge in [-0.25, -0.2) is 4.79 Å². The van der Waals surface area contributed by atoms with E-state index in [2.05, 4.69) is 39.2 Å². The van der Waals surface area contributed by atoms with Crippen LogP contribution in [0.5, 0.6) is 0 Å². The molecule has 6 nitrogen and oxygen atoms in total. The average Bonchev–Trinajstić information content (AvgIpc) is 2.39. The fraction of sp³-hybridized carbons (Fsp3) is 0.889. The highest BCUT2D eigenvalue weighted by molar-refractivity contribution is 6.74. The molecule has 0 saturated carbocycles. The number of likely N-dealkylation sites (tertiary alicyclic amines) is 1. The number of amides is 2. The summed E-state index contributed by atoms with van der Waals surface area (Å²) < 4.78 is 11.5. The lowest BCUT2D eigenvalue weighted by Crippen LogP contribution is -2.52. The van der Waals surface area contributed by atoms with Gasteiger partial charge in [0.05, 0.1) is 6.54 Å². The molecule has 2 amide bonds. The summed E-state index contributed by atoms with van der Waals surface area (Å²) in [6, 6.07) is 0. The second kappa shape index (κ2) is 8.08. The molecule has 1 heterocycles. The minimum Gasteiger partial charge on any atom is -0.448 e.